The zero-order valence-corrected chi connectivity index (χ0v) is 15.4. The molecule has 1 amide bonds. The van der Waals surface area contributed by atoms with E-state index in [2.05, 4.69) is 32.1 Å². The summed E-state index contributed by atoms with van der Waals surface area (Å²) in [6.07, 6.45) is 4.07. The summed E-state index contributed by atoms with van der Waals surface area (Å²) in [5.74, 6) is 0.158. The lowest BCUT2D eigenvalue weighted by Gasteiger charge is -2.33. The molecule has 0 bridgehead atoms. The molecule has 7 nitrogen and oxygen atoms in total. The van der Waals surface area contributed by atoms with Crippen LogP contribution >= 0.6 is 23.6 Å². The van der Waals surface area contributed by atoms with Crippen molar-refractivity contribution in [3.63, 3.8) is 0 Å². The topological polar surface area (TPSA) is 65.4 Å². The minimum absolute atomic E-state index is 0.158. The first-order valence-electron chi connectivity index (χ1n) is 8.31. The van der Waals surface area contributed by atoms with Crippen LogP contribution in [0.5, 0.6) is 0 Å². The first-order chi connectivity index (χ1) is 11.6. The molecule has 0 atom stereocenters. The number of amides is 1. The fourth-order valence-corrected chi connectivity index (χ4v) is 3.61. The van der Waals surface area contributed by atoms with Crippen molar-refractivity contribution in [2.75, 3.05) is 44.6 Å². The average molecular weight is 369 g/mol. The molecule has 0 aromatic carbocycles. The largest absolute Gasteiger partial charge is 0.357 e. The second-order valence-corrected chi connectivity index (χ2v) is 7.84. The van der Waals surface area contributed by atoms with Gasteiger partial charge in [-0.15, -0.1) is 11.7 Å². The first kappa shape index (κ1) is 17.5. The molecule has 1 saturated carbocycles. The van der Waals surface area contributed by atoms with Gasteiger partial charge in [-0.2, -0.15) is 0 Å². The van der Waals surface area contributed by atoms with Gasteiger partial charge in [0, 0.05) is 38.8 Å². The second-order valence-electron chi connectivity index (χ2n) is 6.22. The summed E-state index contributed by atoms with van der Waals surface area (Å²) in [4.78, 5) is 16.4. The Hall–Kier alpha value is -1.29. The van der Waals surface area contributed by atoms with Crippen LogP contribution in [0.1, 0.15) is 12.8 Å². The molecule has 3 rings (SSSR count). The van der Waals surface area contributed by atoms with E-state index in [1.54, 1.807) is 6.08 Å². The molecule has 1 aromatic rings. The predicted octanol–water partition coefficient (Wildman–Crippen LogP) is 1.13. The van der Waals surface area contributed by atoms with Gasteiger partial charge in [0.1, 0.15) is 0 Å². The van der Waals surface area contributed by atoms with Crippen LogP contribution in [-0.4, -0.2) is 70.8 Å². The molecule has 2 heterocycles. The lowest BCUT2D eigenvalue weighted by Crippen LogP contribution is -2.49. The Labute approximate surface area is 151 Å². The third-order valence-corrected chi connectivity index (χ3v) is 5.38. The summed E-state index contributed by atoms with van der Waals surface area (Å²) in [7, 11) is 0. The number of hydrogen-bond acceptors (Lipinski definition) is 7. The lowest BCUT2D eigenvalue weighted by molar-refractivity contribution is -0.122. The third-order valence-electron chi connectivity index (χ3n) is 4.11. The number of anilines is 1. The molecule has 132 valence electrons. The van der Waals surface area contributed by atoms with Crippen molar-refractivity contribution in [3.05, 3.63) is 16.6 Å². The Balaban J connectivity index is 1.43. The van der Waals surface area contributed by atoms with E-state index in [1.165, 1.54) is 11.3 Å². The zero-order chi connectivity index (χ0) is 16.9. The summed E-state index contributed by atoms with van der Waals surface area (Å²) in [6.45, 7) is 9.23. The molecular weight excluding hydrogens is 344 g/mol. The summed E-state index contributed by atoms with van der Waals surface area (Å²) in [6, 6.07) is 0.439. The highest BCUT2D eigenvalue weighted by atomic mass is 32.1. The monoisotopic (exact) mass is 368 g/mol. The van der Waals surface area contributed by atoms with Crippen molar-refractivity contribution in [1.82, 2.24) is 24.9 Å². The van der Waals surface area contributed by atoms with Gasteiger partial charge in [0.25, 0.3) is 0 Å². The summed E-state index contributed by atoms with van der Waals surface area (Å²) >= 11 is 6.86. The normalized spacial score (nSPS) is 19.2. The summed E-state index contributed by atoms with van der Waals surface area (Å²) in [5.41, 5.74) is 0. The third kappa shape index (κ3) is 5.10. The first-order valence-corrected chi connectivity index (χ1v) is 9.53. The van der Waals surface area contributed by atoms with Crippen LogP contribution < -0.4 is 10.6 Å². The maximum atomic E-state index is 11.9. The van der Waals surface area contributed by atoms with Gasteiger partial charge < -0.3 is 10.6 Å². The Bertz CT molecular complexity index is 630. The molecular formula is C15H24N6OS2. The summed E-state index contributed by atoms with van der Waals surface area (Å²) < 4.78 is 2.63. The van der Waals surface area contributed by atoms with Crippen molar-refractivity contribution in [1.29, 1.82) is 0 Å². The number of piperazine rings is 1. The second kappa shape index (κ2) is 8.19. The lowest BCUT2D eigenvalue weighted by atomic mass is 10.3. The van der Waals surface area contributed by atoms with E-state index in [1.807, 2.05) is 4.68 Å². The smallest absolute Gasteiger partial charge is 0.234 e. The molecule has 2 aliphatic rings. The van der Waals surface area contributed by atoms with Crippen LogP contribution in [0.15, 0.2) is 12.7 Å². The number of carbonyl (C=O) groups is 1. The highest BCUT2D eigenvalue weighted by molar-refractivity contribution is 7.73. The minimum atomic E-state index is 0.158. The molecule has 24 heavy (non-hydrogen) atoms. The van der Waals surface area contributed by atoms with Crippen LogP contribution in [0.3, 0.4) is 0 Å². The molecule has 1 aromatic heterocycles. The standard InChI is InChI=1S/C15H24N6OS2/c1-2-5-16-14-18-21(15(23)24-14)11-20-8-6-19(7-9-20)10-13(22)17-12-3-4-12/h2,12H,1,3-11H2,(H,16,18)(H,17,22). The van der Waals surface area contributed by atoms with Crippen LogP contribution in [0.2, 0.25) is 0 Å². The Morgan fingerprint density at radius 3 is 2.71 bits per heavy atom. The van der Waals surface area contributed by atoms with E-state index < -0.39 is 0 Å². The maximum absolute atomic E-state index is 11.9. The maximum Gasteiger partial charge on any atom is 0.234 e. The Morgan fingerprint density at radius 1 is 1.33 bits per heavy atom. The van der Waals surface area contributed by atoms with Gasteiger partial charge in [0.15, 0.2) is 3.95 Å². The molecule has 1 aliphatic heterocycles. The molecule has 2 fully saturated rings. The van der Waals surface area contributed by atoms with Crippen LogP contribution in [0.25, 0.3) is 0 Å². The molecule has 1 aliphatic carbocycles. The van der Waals surface area contributed by atoms with E-state index in [0.29, 0.717) is 25.8 Å². The molecule has 1 saturated heterocycles. The van der Waals surface area contributed by atoms with E-state index >= 15 is 0 Å². The van der Waals surface area contributed by atoms with Crippen LogP contribution in [0, 0.1) is 3.95 Å². The van der Waals surface area contributed by atoms with Crippen molar-refractivity contribution < 1.29 is 4.79 Å². The van der Waals surface area contributed by atoms with E-state index in [-0.39, 0.29) is 5.91 Å². The van der Waals surface area contributed by atoms with Gasteiger partial charge in [0.05, 0.1) is 13.2 Å². The van der Waals surface area contributed by atoms with E-state index in [0.717, 1.165) is 48.1 Å². The predicted molar refractivity (Wildman–Crippen MR) is 98.8 cm³/mol. The molecule has 0 radical (unpaired) electrons. The highest BCUT2D eigenvalue weighted by Crippen LogP contribution is 2.18. The molecule has 0 unspecified atom stereocenters. The summed E-state index contributed by atoms with van der Waals surface area (Å²) in [5, 5.41) is 11.5. The van der Waals surface area contributed by atoms with Crippen molar-refractivity contribution >= 4 is 34.6 Å². The van der Waals surface area contributed by atoms with Gasteiger partial charge >= 0.3 is 0 Å². The van der Waals surface area contributed by atoms with Gasteiger partial charge in [-0.25, -0.2) is 4.68 Å². The Morgan fingerprint density at radius 2 is 2.04 bits per heavy atom. The number of nitrogens with one attached hydrogen (secondary N) is 2. The van der Waals surface area contributed by atoms with Gasteiger partial charge in [-0.3, -0.25) is 14.6 Å². The van der Waals surface area contributed by atoms with Gasteiger partial charge in [0.2, 0.25) is 11.0 Å². The number of carbonyl (C=O) groups excluding carboxylic acids is 1. The van der Waals surface area contributed by atoms with Crippen molar-refractivity contribution in [2.45, 2.75) is 25.6 Å². The highest BCUT2D eigenvalue weighted by Gasteiger charge is 2.25. The number of hydrogen-bond donors (Lipinski definition) is 2. The fourth-order valence-electron chi connectivity index (χ4n) is 2.61. The van der Waals surface area contributed by atoms with Crippen molar-refractivity contribution in [2.24, 2.45) is 0 Å². The van der Waals surface area contributed by atoms with Gasteiger partial charge in [-0.05, 0) is 25.1 Å². The molecule has 2 N–H and O–H groups in total. The van der Waals surface area contributed by atoms with E-state index in [4.69, 9.17) is 12.2 Å². The number of rotatable bonds is 8. The van der Waals surface area contributed by atoms with Gasteiger partial charge in [-0.1, -0.05) is 17.4 Å². The van der Waals surface area contributed by atoms with Crippen LogP contribution in [-0.2, 0) is 11.5 Å². The van der Waals surface area contributed by atoms with Crippen LogP contribution in [0.4, 0.5) is 5.13 Å². The SMILES string of the molecule is C=CCNc1nn(CN2CCN(CC(=O)NC3CC3)CC2)c(=S)s1. The molecule has 0 spiro atoms. The van der Waals surface area contributed by atoms with E-state index in [9.17, 15) is 4.79 Å². The molecule has 9 heteroatoms. The fraction of sp³-hybridized carbons (Fsp3) is 0.667. The quantitative estimate of drug-likeness (QED) is 0.530. The zero-order valence-electron chi connectivity index (χ0n) is 13.7. The Kier molecular flexibility index (Phi) is 5.99. The number of nitrogens with zero attached hydrogens (tertiary/aromatic N) is 4. The number of aromatic nitrogens is 2. The van der Waals surface area contributed by atoms with Crippen molar-refractivity contribution in [3.8, 4) is 0 Å². The minimum Gasteiger partial charge on any atom is -0.357 e. The average Bonchev–Trinajstić information content (AvgIpc) is 3.30.